The SMILES string of the molecule is CC(CC(c1ccc(Cl)cc1)N(CC1CC1)S(=O)O)C1NC(=O)C(C)(CC(=O)O)CC1c1cccc(Cl)c1. The van der Waals surface area contributed by atoms with Gasteiger partial charge in [0, 0.05) is 34.6 Å². The van der Waals surface area contributed by atoms with Crippen molar-refractivity contribution in [3.05, 3.63) is 69.7 Å². The van der Waals surface area contributed by atoms with Crippen molar-refractivity contribution in [2.75, 3.05) is 6.54 Å². The van der Waals surface area contributed by atoms with Gasteiger partial charge in [-0.15, -0.1) is 0 Å². The lowest BCUT2D eigenvalue weighted by molar-refractivity contribution is -0.147. The number of piperidine rings is 1. The third kappa shape index (κ3) is 6.96. The highest BCUT2D eigenvalue weighted by Gasteiger charge is 2.47. The number of hydrogen-bond donors (Lipinski definition) is 3. The Bertz CT molecular complexity index is 1190. The second kappa shape index (κ2) is 12.0. The predicted molar refractivity (Wildman–Crippen MR) is 149 cm³/mol. The van der Waals surface area contributed by atoms with Crippen molar-refractivity contribution >= 4 is 46.3 Å². The van der Waals surface area contributed by atoms with E-state index in [9.17, 15) is 23.5 Å². The molecule has 38 heavy (non-hydrogen) atoms. The maximum Gasteiger partial charge on any atom is 0.304 e. The number of carboxylic acids is 1. The van der Waals surface area contributed by atoms with E-state index in [-0.39, 0.29) is 36.2 Å². The summed E-state index contributed by atoms with van der Waals surface area (Å²) in [6.07, 6.45) is 2.65. The molecule has 2 aromatic rings. The molecule has 1 saturated heterocycles. The van der Waals surface area contributed by atoms with Gasteiger partial charge in [-0.1, -0.05) is 61.3 Å². The molecule has 1 aliphatic heterocycles. The van der Waals surface area contributed by atoms with Crippen LogP contribution in [0, 0.1) is 17.3 Å². The van der Waals surface area contributed by atoms with Gasteiger partial charge >= 0.3 is 5.97 Å². The first-order valence-corrected chi connectivity index (χ1v) is 14.7. The average molecular weight is 582 g/mol. The van der Waals surface area contributed by atoms with Crippen molar-refractivity contribution in [1.82, 2.24) is 9.62 Å². The molecule has 6 atom stereocenters. The van der Waals surface area contributed by atoms with Gasteiger partial charge in [0.25, 0.3) is 0 Å². The third-order valence-corrected chi connectivity index (χ3v) is 9.21. The van der Waals surface area contributed by atoms with E-state index in [0.717, 1.165) is 24.0 Å². The number of hydrogen-bond acceptors (Lipinski definition) is 3. The first-order chi connectivity index (χ1) is 18.0. The van der Waals surface area contributed by atoms with E-state index >= 15 is 0 Å². The van der Waals surface area contributed by atoms with Crippen LogP contribution < -0.4 is 5.32 Å². The first kappa shape index (κ1) is 29.0. The van der Waals surface area contributed by atoms with Gasteiger partial charge in [0.05, 0.1) is 11.8 Å². The number of nitrogens with zero attached hydrogens (tertiary/aromatic N) is 1. The Morgan fingerprint density at radius 1 is 1.18 bits per heavy atom. The molecule has 3 N–H and O–H groups in total. The van der Waals surface area contributed by atoms with Gasteiger partial charge in [-0.2, -0.15) is 4.31 Å². The first-order valence-electron chi connectivity index (χ1n) is 12.9. The molecule has 1 heterocycles. The number of carboxylic acid groups (broad SMARTS) is 1. The zero-order valence-corrected chi connectivity index (χ0v) is 23.8. The predicted octanol–water partition coefficient (Wildman–Crippen LogP) is 6.06. The van der Waals surface area contributed by atoms with Crippen molar-refractivity contribution in [3.63, 3.8) is 0 Å². The minimum absolute atomic E-state index is 0.122. The third-order valence-electron chi connectivity index (χ3n) is 7.91. The summed E-state index contributed by atoms with van der Waals surface area (Å²) in [6, 6.07) is 14.1. The van der Waals surface area contributed by atoms with E-state index in [1.165, 1.54) is 0 Å². The summed E-state index contributed by atoms with van der Waals surface area (Å²) in [4.78, 5) is 24.9. The largest absolute Gasteiger partial charge is 0.481 e. The Morgan fingerprint density at radius 2 is 1.87 bits per heavy atom. The van der Waals surface area contributed by atoms with Gasteiger partial charge in [0.2, 0.25) is 17.2 Å². The molecule has 2 fully saturated rings. The van der Waals surface area contributed by atoms with Crippen LogP contribution in [0.4, 0.5) is 0 Å². The van der Waals surface area contributed by atoms with E-state index in [1.807, 2.05) is 37.3 Å². The van der Waals surface area contributed by atoms with Crippen molar-refractivity contribution in [2.24, 2.45) is 17.3 Å². The molecule has 10 heteroatoms. The number of carbonyl (C=O) groups excluding carboxylic acids is 1. The number of rotatable bonds is 11. The molecule has 7 nitrogen and oxygen atoms in total. The molecule has 206 valence electrons. The Balaban J connectivity index is 1.67. The van der Waals surface area contributed by atoms with E-state index < -0.39 is 22.7 Å². The Kier molecular flexibility index (Phi) is 9.20. The molecule has 1 saturated carbocycles. The second-order valence-corrected chi connectivity index (χ2v) is 12.9. The number of halogens is 2. The van der Waals surface area contributed by atoms with Crippen molar-refractivity contribution < 1.29 is 23.5 Å². The van der Waals surface area contributed by atoms with Gasteiger partial charge in [-0.05, 0) is 72.9 Å². The quantitative estimate of drug-likeness (QED) is 0.280. The highest BCUT2D eigenvalue weighted by molar-refractivity contribution is 7.76. The van der Waals surface area contributed by atoms with Gasteiger partial charge in [0.1, 0.15) is 0 Å². The topological polar surface area (TPSA) is 107 Å². The number of amides is 1. The summed E-state index contributed by atoms with van der Waals surface area (Å²) in [5.41, 5.74) is 0.728. The minimum Gasteiger partial charge on any atom is -0.481 e. The van der Waals surface area contributed by atoms with Gasteiger partial charge < -0.3 is 10.4 Å². The lowest BCUT2D eigenvalue weighted by atomic mass is 9.67. The molecule has 0 radical (unpaired) electrons. The molecular formula is C28H34Cl2N2O5S. The Hall–Kier alpha value is -1.97. The zero-order valence-electron chi connectivity index (χ0n) is 21.5. The van der Waals surface area contributed by atoms with E-state index in [0.29, 0.717) is 35.3 Å². The van der Waals surface area contributed by atoms with Crippen LogP contribution in [0.5, 0.6) is 0 Å². The molecular weight excluding hydrogens is 547 g/mol. The van der Waals surface area contributed by atoms with Crippen molar-refractivity contribution in [3.8, 4) is 0 Å². The molecule has 0 aromatic heterocycles. The van der Waals surface area contributed by atoms with Crippen LogP contribution in [0.3, 0.4) is 0 Å². The van der Waals surface area contributed by atoms with Crippen molar-refractivity contribution in [2.45, 2.75) is 64.0 Å². The van der Waals surface area contributed by atoms with E-state index in [1.54, 1.807) is 29.4 Å². The van der Waals surface area contributed by atoms with Crippen LogP contribution in [0.1, 0.15) is 69.0 Å². The molecule has 0 spiro atoms. The van der Waals surface area contributed by atoms with Gasteiger partial charge in [-0.3, -0.25) is 14.1 Å². The Morgan fingerprint density at radius 3 is 2.45 bits per heavy atom. The number of benzene rings is 2. The maximum absolute atomic E-state index is 13.3. The molecule has 2 aromatic carbocycles. The zero-order chi connectivity index (χ0) is 27.6. The van der Waals surface area contributed by atoms with Crippen LogP contribution in [0.25, 0.3) is 0 Å². The lowest BCUT2D eigenvalue weighted by Crippen LogP contribution is -2.56. The number of aliphatic carboxylic acids is 1. The summed E-state index contributed by atoms with van der Waals surface area (Å²) < 4.78 is 24.5. The van der Waals surface area contributed by atoms with Crippen LogP contribution in [-0.4, -0.2) is 42.6 Å². The standard InChI is InChI=1S/C28H34Cl2N2O5S/c1-17(12-24(19-8-10-21(29)11-9-19)32(38(36)37)16-18-6-7-18)26-23(20-4-3-5-22(30)13-20)14-28(2,15-25(33)34)27(35)31-26/h3-5,8-11,13,17-18,23-24,26H,6-7,12,14-16H2,1-2H3,(H,31,35)(H,33,34)(H,36,37). The van der Waals surface area contributed by atoms with Crippen LogP contribution in [-0.2, 0) is 20.9 Å². The maximum atomic E-state index is 13.3. The molecule has 0 bridgehead atoms. The van der Waals surface area contributed by atoms with E-state index in [2.05, 4.69) is 5.32 Å². The highest BCUT2D eigenvalue weighted by Crippen LogP contribution is 2.45. The van der Waals surface area contributed by atoms with Gasteiger partial charge in [0.15, 0.2) is 0 Å². The molecule has 2 aliphatic rings. The molecule has 1 aliphatic carbocycles. The van der Waals surface area contributed by atoms with Crippen LogP contribution in [0.15, 0.2) is 48.5 Å². The van der Waals surface area contributed by atoms with E-state index in [4.69, 9.17) is 23.2 Å². The summed E-state index contributed by atoms with van der Waals surface area (Å²) in [6.45, 7) is 4.23. The minimum atomic E-state index is -2.18. The lowest BCUT2D eigenvalue weighted by Gasteiger charge is -2.45. The summed E-state index contributed by atoms with van der Waals surface area (Å²) in [7, 11) is 0. The smallest absolute Gasteiger partial charge is 0.304 e. The normalized spacial score (nSPS) is 26.0. The highest BCUT2D eigenvalue weighted by atomic mass is 35.5. The Labute approximate surface area is 236 Å². The average Bonchev–Trinajstić information content (AvgIpc) is 3.67. The number of nitrogens with one attached hydrogen (secondary N) is 1. The molecule has 4 rings (SSSR count). The number of carbonyl (C=O) groups is 2. The summed E-state index contributed by atoms with van der Waals surface area (Å²) in [5.74, 6) is -1.24. The summed E-state index contributed by atoms with van der Waals surface area (Å²) >= 11 is 10.3. The molecule has 1 amide bonds. The fourth-order valence-electron chi connectivity index (χ4n) is 5.68. The molecule has 6 unspecified atom stereocenters. The fourth-order valence-corrected chi connectivity index (χ4v) is 6.77. The second-order valence-electron chi connectivity index (χ2n) is 11.1. The van der Waals surface area contributed by atoms with Crippen LogP contribution >= 0.6 is 23.2 Å². The summed E-state index contributed by atoms with van der Waals surface area (Å²) in [5, 5.41) is 13.8. The van der Waals surface area contributed by atoms with Gasteiger partial charge in [-0.25, -0.2) is 4.21 Å². The fraction of sp³-hybridized carbons (Fsp3) is 0.500. The van der Waals surface area contributed by atoms with Crippen molar-refractivity contribution in [1.29, 1.82) is 0 Å². The monoisotopic (exact) mass is 580 g/mol. The van der Waals surface area contributed by atoms with Crippen LogP contribution in [0.2, 0.25) is 10.0 Å².